The molecule has 10 nitrogen and oxygen atoms in total. The molecule has 5 atom stereocenters. The van der Waals surface area contributed by atoms with E-state index in [1.54, 1.807) is 12.1 Å². The highest BCUT2D eigenvalue weighted by molar-refractivity contribution is 6.09. The van der Waals surface area contributed by atoms with E-state index in [9.17, 15) is 35.4 Å². The Bertz CT molecular complexity index is 1670. The molecular formula is C30H22O10. The Morgan fingerprint density at radius 1 is 0.800 bits per heavy atom. The Balaban J connectivity index is 1.47. The minimum absolute atomic E-state index is 0.0253. The van der Waals surface area contributed by atoms with Gasteiger partial charge >= 0.3 is 5.79 Å². The summed E-state index contributed by atoms with van der Waals surface area (Å²) in [6.45, 7) is 0. The van der Waals surface area contributed by atoms with Crippen LogP contribution in [0.3, 0.4) is 0 Å². The van der Waals surface area contributed by atoms with Crippen LogP contribution in [0.1, 0.15) is 28.7 Å². The van der Waals surface area contributed by atoms with Crippen molar-refractivity contribution in [2.45, 2.75) is 30.0 Å². The van der Waals surface area contributed by atoms with Crippen molar-refractivity contribution < 1.29 is 49.6 Å². The zero-order valence-electron chi connectivity index (χ0n) is 20.6. The number of aliphatic hydroxyl groups excluding tert-OH is 2. The first-order valence-electron chi connectivity index (χ1n) is 12.4. The number of phenolic OH excluding ortho intramolecular Hbond substituents is 4. The minimum atomic E-state index is -1.92. The van der Waals surface area contributed by atoms with Gasteiger partial charge in [0.15, 0.2) is 11.9 Å². The van der Waals surface area contributed by atoms with Crippen LogP contribution in [0, 0.1) is 0 Å². The highest BCUT2D eigenvalue weighted by Gasteiger charge is 2.61. The van der Waals surface area contributed by atoms with Crippen LogP contribution in [-0.2, 0) is 20.1 Å². The summed E-state index contributed by atoms with van der Waals surface area (Å²) >= 11 is 0. The standard InChI is InChI=1S/C30H22O10/c31-15-5-1-13(2-6-15)27-21(36)11-18-19(34)12-23-25(28(18)38-27)26-24-20(35)9-17(33)10-22(24)39-30(40-23,29(26)37)14-3-7-16(32)8-4-14/h1-12,21,26-27,29,31-33,35-37H. The zero-order valence-corrected chi connectivity index (χ0v) is 20.6. The molecule has 3 heterocycles. The van der Waals surface area contributed by atoms with E-state index in [0.29, 0.717) is 11.1 Å². The Morgan fingerprint density at radius 3 is 2.17 bits per heavy atom. The molecule has 0 amide bonds. The Morgan fingerprint density at radius 2 is 1.48 bits per heavy atom. The molecule has 1 fully saturated rings. The summed E-state index contributed by atoms with van der Waals surface area (Å²) in [5.74, 6) is -4.05. The molecule has 6 N–H and O–H groups in total. The lowest BCUT2D eigenvalue weighted by atomic mass is 9.72. The number of carbonyl (C=O) groups excluding carboxylic acids is 1. The SMILES string of the molecule is O=C1C=C2OC3(c4ccc(O)cc4)Oc4cc(O)cc(O)c4C(C2=C2OC(c4ccc(O)cc4)C(O)C=C12)C3O. The molecular weight excluding hydrogens is 520 g/mol. The third-order valence-corrected chi connectivity index (χ3v) is 7.62. The van der Waals surface area contributed by atoms with Crippen molar-refractivity contribution in [2.24, 2.45) is 0 Å². The van der Waals surface area contributed by atoms with E-state index in [1.165, 1.54) is 54.6 Å². The second kappa shape index (κ2) is 8.28. The predicted molar refractivity (Wildman–Crippen MR) is 136 cm³/mol. The van der Waals surface area contributed by atoms with Crippen LogP contribution in [0.5, 0.6) is 28.7 Å². The predicted octanol–water partition coefficient (Wildman–Crippen LogP) is 3.01. The number of hydrogen-bond donors (Lipinski definition) is 6. The van der Waals surface area contributed by atoms with E-state index in [1.807, 2.05) is 0 Å². The summed E-state index contributed by atoms with van der Waals surface area (Å²) in [4.78, 5) is 13.3. The fourth-order valence-corrected chi connectivity index (χ4v) is 5.82. The normalized spacial score (nSPS) is 28.1. The maximum absolute atomic E-state index is 13.3. The van der Waals surface area contributed by atoms with Crippen molar-refractivity contribution in [2.75, 3.05) is 0 Å². The maximum atomic E-state index is 13.3. The average Bonchev–Trinajstić information content (AvgIpc) is 2.90. The maximum Gasteiger partial charge on any atom is 0.305 e. The number of fused-ring (bicyclic) bond motifs is 7. The van der Waals surface area contributed by atoms with E-state index in [2.05, 4.69) is 0 Å². The first-order chi connectivity index (χ1) is 19.2. The monoisotopic (exact) mass is 542 g/mol. The zero-order chi connectivity index (χ0) is 27.9. The van der Waals surface area contributed by atoms with Gasteiger partial charge in [0.2, 0.25) is 0 Å². The smallest absolute Gasteiger partial charge is 0.305 e. The number of ether oxygens (including phenoxy) is 3. The van der Waals surface area contributed by atoms with Gasteiger partial charge in [0, 0.05) is 34.9 Å². The highest BCUT2D eigenvalue weighted by atomic mass is 16.7. The van der Waals surface area contributed by atoms with Gasteiger partial charge in [-0.05, 0) is 48.0 Å². The van der Waals surface area contributed by atoms with Gasteiger partial charge in [-0.3, -0.25) is 4.79 Å². The molecule has 4 aliphatic rings. The fraction of sp³-hybridized carbons (Fsp3) is 0.167. The Kier molecular flexibility index (Phi) is 5.00. The quantitative estimate of drug-likeness (QED) is 0.283. The summed E-state index contributed by atoms with van der Waals surface area (Å²) in [5.41, 5.74) is 1.26. The molecule has 1 aliphatic carbocycles. The number of ketones is 1. The summed E-state index contributed by atoms with van der Waals surface area (Å²) in [6, 6.07) is 14.2. The summed E-state index contributed by atoms with van der Waals surface area (Å²) in [7, 11) is 0. The first-order valence-corrected chi connectivity index (χ1v) is 12.4. The van der Waals surface area contributed by atoms with Crippen LogP contribution in [0.15, 0.2) is 95.5 Å². The Hall–Kier alpha value is -4.93. The van der Waals surface area contributed by atoms with Crippen LogP contribution in [-0.4, -0.2) is 48.6 Å². The summed E-state index contributed by atoms with van der Waals surface area (Å²) < 4.78 is 18.7. The van der Waals surface area contributed by atoms with Crippen LogP contribution >= 0.6 is 0 Å². The second-order valence-electron chi connectivity index (χ2n) is 10.0. The van der Waals surface area contributed by atoms with Gasteiger partial charge in [-0.1, -0.05) is 12.1 Å². The van der Waals surface area contributed by atoms with E-state index >= 15 is 0 Å². The lowest BCUT2D eigenvalue weighted by Gasteiger charge is -2.52. The summed E-state index contributed by atoms with van der Waals surface area (Å²) in [6.07, 6.45) is -1.10. The molecule has 40 heavy (non-hydrogen) atoms. The lowest BCUT2D eigenvalue weighted by molar-refractivity contribution is -0.251. The minimum Gasteiger partial charge on any atom is -0.508 e. The number of aliphatic hydroxyl groups is 2. The molecule has 1 saturated heterocycles. The van der Waals surface area contributed by atoms with Crippen molar-refractivity contribution >= 4 is 5.78 Å². The van der Waals surface area contributed by atoms with Crippen LogP contribution in [0.2, 0.25) is 0 Å². The molecule has 7 rings (SSSR count). The number of carbonyl (C=O) groups is 1. The molecule has 3 aromatic carbocycles. The van der Waals surface area contributed by atoms with Crippen molar-refractivity contribution in [3.63, 3.8) is 0 Å². The topological polar surface area (TPSA) is 166 Å². The van der Waals surface area contributed by atoms with Gasteiger partial charge in [-0.25, -0.2) is 0 Å². The van der Waals surface area contributed by atoms with Gasteiger partial charge in [0.05, 0.1) is 11.5 Å². The molecule has 3 aromatic rings. The van der Waals surface area contributed by atoms with Crippen molar-refractivity contribution in [1.82, 2.24) is 0 Å². The highest BCUT2D eigenvalue weighted by Crippen LogP contribution is 2.60. The van der Waals surface area contributed by atoms with Crippen molar-refractivity contribution in [3.8, 4) is 28.7 Å². The lowest BCUT2D eigenvalue weighted by Crippen LogP contribution is -2.57. The molecule has 0 radical (unpaired) electrons. The van der Waals surface area contributed by atoms with E-state index in [4.69, 9.17) is 14.2 Å². The Labute approximate surface area is 226 Å². The van der Waals surface area contributed by atoms with E-state index < -0.39 is 35.8 Å². The van der Waals surface area contributed by atoms with E-state index in [-0.39, 0.29) is 57.0 Å². The molecule has 0 spiro atoms. The third-order valence-electron chi connectivity index (χ3n) is 7.62. The fourth-order valence-electron chi connectivity index (χ4n) is 5.82. The number of phenols is 4. The molecule has 10 heteroatoms. The second-order valence-corrected chi connectivity index (χ2v) is 10.0. The summed E-state index contributed by atoms with van der Waals surface area (Å²) in [5, 5.41) is 63.5. The molecule has 3 aliphatic heterocycles. The van der Waals surface area contributed by atoms with Crippen LogP contribution < -0.4 is 4.74 Å². The first kappa shape index (κ1) is 24.1. The number of allylic oxidation sites excluding steroid dienone is 3. The van der Waals surface area contributed by atoms with Gasteiger partial charge in [-0.2, -0.15) is 0 Å². The van der Waals surface area contributed by atoms with Crippen LogP contribution in [0.4, 0.5) is 0 Å². The average molecular weight is 542 g/mol. The van der Waals surface area contributed by atoms with E-state index in [0.717, 1.165) is 6.07 Å². The third kappa shape index (κ3) is 3.33. The van der Waals surface area contributed by atoms with Crippen molar-refractivity contribution in [1.29, 1.82) is 0 Å². The van der Waals surface area contributed by atoms with Gasteiger partial charge < -0.3 is 44.8 Å². The molecule has 202 valence electrons. The number of hydrogen-bond acceptors (Lipinski definition) is 10. The molecule has 2 bridgehead atoms. The molecule has 5 unspecified atom stereocenters. The molecule has 0 saturated carbocycles. The molecule has 0 aromatic heterocycles. The number of aromatic hydroxyl groups is 4. The van der Waals surface area contributed by atoms with Crippen LogP contribution in [0.25, 0.3) is 0 Å². The van der Waals surface area contributed by atoms with Crippen molar-refractivity contribution in [3.05, 3.63) is 112 Å². The number of benzene rings is 3. The van der Waals surface area contributed by atoms with Gasteiger partial charge in [0.1, 0.15) is 52.5 Å². The van der Waals surface area contributed by atoms with Gasteiger partial charge in [0.25, 0.3) is 0 Å². The number of rotatable bonds is 2. The van der Waals surface area contributed by atoms with Gasteiger partial charge in [-0.15, -0.1) is 0 Å². The largest absolute Gasteiger partial charge is 0.508 e.